The van der Waals surface area contributed by atoms with Gasteiger partial charge < -0.3 is 20.3 Å². The number of anilines is 3. The largest absolute Gasteiger partial charge is 0.452 e. The molecule has 0 aromatic heterocycles. The Bertz CT molecular complexity index is 955. The van der Waals surface area contributed by atoms with Crippen LogP contribution in [-0.2, 0) is 19.1 Å². The molecule has 0 unspecified atom stereocenters. The van der Waals surface area contributed by atoms with E-state index in [1.165, 1.54) is 24.0 Å². The fourth-order valence-corrected chi connectivity index (χ4v) is 3.14. The number of para-hydroxylation sites is 2. The molecule has 8 nitrogen and oxygen atoms in total. The number of nitrogens with one attached hydrogen (secondary N) is 2. The first-order valence-corrected chi connectivity index (χ1v) is 9.11. The summed E-state index contributed by atoms with van der Waals surface area (Å²) >= 11 is 0. The minimum absolute atomic E-state index is 0.138. The van der Waals surface area contributed by atoms with Crippen LogP contribution in [0.2, 0.25) is 0 Å². The van der Waals surface area contributed by atoms with E-state index in [9.17, 15) is 19.2 Å². The lowest BCUT2D eigenvalue weighted by Gasteiger charge is -2.27. The highest BCUT2D eigenvalue weighted by Crippen LogP contribution is 2.31. The van der Waals surface area contributed by atoms with Crippen molar-refractivity contribution >= 4 is 40.8 Å². The van der Waals surface area contributed by atoms with Crippen molar-refractivity contribution < 1.29 is 23.9 Å². The van der Waals surface area contributed by atoms with E-state index in [1.807, 2.05) is 0 Å². The maximum atomic E-state index is 12.8. The van der Waals surface area contributed by atoms with Gasteiger partial charge in [0, 0.05) is 25.1 Å². The fourth-order valence-electron chi connectivity index (χ4n) is 3.14. The SMILES string of the molecule is CC(=O)Nc1ccc(C(=O)OCC(=O)N2c3ccccc3NC(=O)C[C@@H]2C)cc1. The Morgan fingerprint density at radius 2 is 1.83 bits per heavy atom. The van der Waals surface area contributed by atoms with Crippen LogP contribution in [0.4, 0.5) is 17.1 Å². The quantitative estimate of drug-likeness (QED) is 0.774. The average Bonchev–Trinajstić information content (AvgIpc) is 2.80. The predicted molar refractivity (Wildman–Crippen MR) is 108 cm³/mol. The molecule has 0 aliphatic carbocycles. The van der Waals surface area contributed by atoms with Gasteiger partial charge in [-0.05, 0) is 43.3 Å². The maximum absolute atomic E-state index is 12.8. The van der Waals surface area contributed by atoms with Crippen molar-refractivity contribution in [2.75, 3.05) is 22.1 Å². The average molecular weight is 395 g/mol. The van der Waals surface area contributed by atoms with E-state index in [-0.39, 0.29) is 29.8 Å². The molecular weight excluding hydrogens is 374 g/mol. The number of esters is 1. The molecule has 29 heavy (non-hydrogen) atoms. The van der Waals surface area contributed by atoms with Crippen LogP contribution in [0.1, 0.15) is 30.6 Å². The molecule has 150 valence electrons. The van der Waals surface area contributed by atoms with E-state index < -0.39 is 18.5 Å². The van der Waals surface area contributed by atoms with Gasteiger partial charge in [-0.3, -0.25) is 14.4 Å². The third-order valence-electron chi connectivity index (χ3n) is 4.40. The van der Waals surface area contributed by atoms with Crippen molar-refractivity contribution in [1.82, 2.24) is 0 Å². The van der Waals surface area contributed by atoms with Crippen LogP contribution >= 0.6 is 0 Å². The molecule has 1 heterocycles. The Morgan fingerprint density at radius 1 is 1.14 bits per heavy atom. The third-order valence-corrected chi connectivity index (χ3v) is 4.40. The molecule has 1 aliphatic rings. The third kappa shape index (κ3) is 4.78. The highest BCUT2D eigenvalue weighted by Gasteiger charge is 2.30. The molecular formula is C21H21N3O5. The first kappa shape index (κ1) is 20.1. The number of hydrogen-bond acceptors (Lipinski definition) is 5. The Hall–Kier alpha value is -3.68. The van der Waals surface area contributed by atoms with Gasteiger partial charge in [-0.1, -0.05) is 12.1 Å². The van der Waals surface area contributed by atoms with Crippen LogP contribution < -0.4 is 15.5 Å². The number of nitrogens with zero attached hydrogens (tertiary/aromatic N) is 1. The normalized spacial score (nSPS) is 15.6. The summed E-state index contributed by atoms with van der Waals surface area (Å²) in [6.45, 7) is 2.69. The highest BCUT2D eigenvalue weighted by atomic mass is 16.5. The van der Waals surface area contributed by atoms with E-state index in [1.54, 1.807) is 43.3 Å². The fraction of sp³-hybridized carbons (Fsp3) is 0.238. The van der Waals surface area contributed by atoms with Gasteiger partial charge in [-0.25, -0.2) is 4.79 Å². The topological polar surface area (TPSA) is 105 Å². The zero-order valence-corrected chi connectivity index (χ0v) is 16.1. The summed E-state index contributed by atoms with van der Waals surface area (Å²) in [5.74, 6) is -1.48. The van der Waals surface area contributed by atoms with Gasteiger partial charge in [0.2, 0.25) is 11.8 Å². The Morgan fingerprint density at radius 3 is 2.52 bits per heavy atom. The molecule has 0 radical (unpaired) electrons. The molecule has 2 aromatic carbocycles. The second-order valence-electron chi connectivity index (χ2n) is 6.72. The number of ether oxygens (including phenoxy) is 1. The lowest BCUT2D eigenvalue weighted by molar-refractivity contribution is -0.122. The lowest BCUT2D eigenvalue weighted by atomic mass is 10.1. The van der Waals surface area contributed by atoms with Crippen molar-refractivity contribution in [3.8, 4) is 0 Å². The van der Waals surface area contributed by atoms with E-state index >= 15 is 0 Å². The maximum Gasteiger partial charge on any atom is 0.338 e. The Kier molecular flexibility index (Phi) is 5.92. The van der Waals surface area contributed by atoms with Crippen LogP contribution in [0.25, 0.3) is 0 Å². The van der Waals surface area contributed by atoms with E-state index in [4.69, 9.17) is 4.74 Å². The van der Waals surface area contributed by atoms with Gasteiger partial charge in [0.25, 0.3) is 5.91 Å². The predicted octanol–water partition coefficient (Wildman–Crippen LogP) is 2.57. The lowest BCUT2D eigenvalue weighted by Crippen LogP contribution is -2.41. The summed E-state index contributed by atoms with van der Waals surface area (Å²) in [5.41, 5.74) is 1.91. The minimum atomic E-state index is -0.655. The number of hydrogen-bond donors (Lipinski definition) is 2. The van der Waals surface area contributed by atoms with E-state index in [2.05, 4.69) is 10.6 Å². The molecule has 2 N–H and O–H groups in total. The molecule has 8 heteroatoms. The van der Waals surface area contributed by atoms with E-state index in [0.717, 1.165) is 0 Å². The molecule has 1 aliphatic heterocycles. The standard InChI is InChI=1S/C21H21N3O5/c1-13-11-19(26)23-17-5-3-4-6-18(17)24(13)20(27)12-29-21(28)15-7-9-16(10-8-15)22-14(2)25/h3-10,13H,11-12H2,1-2H3,(H,22,25)(H,23,26)/t13-/m0/s1. The molecule has 0 saturated heterocycles. The van der Waals surface area contributed by atoms with Gasteiger partial charge in [0.05, 0.1) is 16.9 Å². The molecule has 0 spiro atoms. The summed E-state index contributed by atoms with van der Waals surface area (Å²) in [5, 5.41) is 5.38. The molecule has 3 amide bonds. The number of amides is 3. The monoisotopic (exact) mass is 395 g/mol. The van der Waals surface area contributed by atoms with Gasteiger partial charge in [0.15, 0.2) is 6.61 Å². The van der Waals surface area contributed by atoms with Gasteiger partial charge in [0.1, 0.15) is 0 Å². The summed E-state index contributed by atoms with van der Waals surface area (Å²) in [6, 6.07) is 12.8. The van der Waals surface area contributed by atoms with Crippen LogP contribution in [-0.4, -0.2) is 36.3 Å². The van der Waals surface area contributed by atoms with Crippen molar-refractivity contribution in [2.45, 2.75) is 26.3 Å². The first-order valence-electron chi connectivity index (χ1n) is 9.11. The Labute approximate surface area is 167 Å². The second kappa shape index (κ2) is 8.55. The molecule has 2 aromatic rings. The number of rotatable bonds is 4. The smallest absolute Gasteiger partial charge is 0.338 e. The molecule has 3 rings (SSSR count). The summed E-state index contributed by atoms with van der Waals surface area (Å²) in [7, 11) is 0. The number of fused-ring (bicyclic) bond motifs is 1. The number of carbonyl (C=O) groups is 4. The molecule has 0 bridgehead atoms. The molecule has 0 saturated carbocycles. The van der Waals surface area contributed by atoms with Crippen molar-refractivity contribution in [2.24, 2.45) is 0 Å². The zero-order valence-electron chi connectivity index (χ0n) is 16.1. The van der Waals surface area contributed by atoms with Crippen LogP contribution in [0, 0.1) is 0 Å². The number of benzene rings is 2. The summed E-state index contributed by atoms with van der Waals surface area (Å²) in [4.78, 5) is 49.6. The molecule has 0 fully saturated rings. The second-order valence-corrected chi connectivity index (χ2v) is 6.72. The highest BCUT2D eigenvalue weighted by molar-refractivity contribution is 6.05. The van der Waals surface area contributed by atoms with Crippen molar-refractivity contribution in [1.29, 1.82) is 0 Å². The van der Waals surface area contributed by atoms with Crippen molar-refractivity contribution in [3.05, 3.63) is 54.1 Å². The van der Waals surface area contributed by atoms with Crippen molar-refractivity contribution in [3.63, 3.8) is 0 Å². The first-order chi connectivity index (χ1) is 13.8. The van der Waals surface area contributed by atoms with Gasteiger partial charge in [-0.15, -0.1) is 0 Å². The summed E-state index contributed by atoms with van der Waals surface area (Å²) in [6.07, 6.45) is 0.138. The zero-order chi connectivity index (χ0) is 21.0. The van der Waals surface area contributed by atoms with E-state index in [0.29, 0.717) is 17.1 Å². The number of carbonyl (C=O) groups excluding carboxylic acids is 4. The van der Waals surface area contributed by atoms with Crippen LogP contribution in [0.15, 0.2) is 48.5 Å². The van der Waals surface area contributed by atoms with Gasteiger partial charge in [-0.2, -0.15) is 0 Å². The summed E-state index contributed by atoms with van der Waals surface area (Å²) < 4.78 is 5.17. The van der Waals surface area contributed by atoms with Gasteiger partial charge >= 0.3 is 5.97 Å². The molecule has 1 atom stereocenters. The Balaban J connectivity index is 1.69. The van der Waals surface area contributed by atoms with Crippen LogP contribution in [0.5, 0.6) is 0 Å². The minimum Gasteiger partial charge on any atom is -0.452 e. The van der Waals surface area contributed by atoms with Crippen LogP contribution in [0.3, 0.4) is 0 Å².